The van der Waals surface area contributed by atoms with Crippen molar-refractivity contribution in [1.82, 2.24) is 0 Å². The van der Waals surface area contributed by atoms with Gasteiger partial charge in [-0.25, -0.2) is 0 Å². The molecule has 8 heteroatoms. The minimum absolute atomic E-state index is 0.0246. The van der Waals surface area contributed by atoms with Gasteiger partial charge in [0.1, 0.15) is 5.60 Å². The summed E-state index contributed by atoms with van der Waals surface area (Å²) in [6, 6.07) is 0. The van der Waals surface area contributed by atoms with Crippen molar-refractivity contribution >= 4 is 5.78 Å². The van der Waals surface area contributed by atoms with Crippen LogP contribution in [0.2, 0.25) is 0 Å². The van der Waals surface area contributed by atoms with E-state index in [0.717, 1.165) is 0 Å². The third-order valence-electron chi connectivity index (χ3n) is 10.1. The molecule has 8 nitrogen and oxygen atoms in total. The minimum atomic E-state index is -1.89. The summed E-state index contributed by atoms with van der Waals surface area (Å²) < 4.78 is 0. The molecule has 4 aliphatic carbocycles. The lowest BCUT2D eigenvalue weighted by atomic mass is 9.48. The van der Waals surface area contributed by atoms with E-state index in [-0.39, 0.29) is 25.7 Å². The molecular formula is C27H42O8. The number of allylic oxidation sites excluding steroid dienone is 1. The first kappa shape index (κ1) is 26.9. The van der Waals surface area contributed by atoms with Crippen molar-refractivity contribution in [3.05, 3.63) is 23.3 Å². The third-order valence-corrected chi connectivity index (χ3v) is 10.1. The van der Waals surface area contributed by atoms with Crippen molar-refractivity contribution < 1.29 is 40.5 Å². The Morgan fingerprint density at radius 1 is 1.03 bits per heavy atom. The molecule has 0 spiro atoms. The van der Waals surface area contributed by atoms with Gasteiger partial charge in [0.25, 0.3) is 0 Å². The molecule has 35 heavy (non-hydrogen) atoms. The van der Waals surface area contributed by atoms with Crippen molar-refractivity contribution in [3.8, 4) is 0 Å². The maximum Gasteiger partial charge on any atom is 0.188 e. The Hall–Kier alpha value is -1.13. The maximum absolute atomic E-state index is 13.3. The SMILES string of the molecule is CC(C)(O)CC[C@@H](O)[C@](C)(O)[C@H]1CC[C@@]2(O)C3=CC(=O)[C@]4(O)C[C@@H](O)[C@@H](O)C[C@]4(C)C3=CC[C@]12C. The molecule has 7 N–H and O–H groups in total. The van der Waals surface area contributed by atoms with Gasteiger partial charge in [-0.2, -0.15) is 0 Å². The average Bonchev–Trinajstić information content (AvgIpc) is 3.01. The zero-order valence-corrected chi connectivity index (χ0v) is 21.5. The molecule has 0 unspecified atom stereocenters. The number of carbonyl (C=O) groups is 1. The summed E-state index contributed by atoms with van der Waals surface area (Å²) in [5, 5.41) is 76.8. The van der Waals surface area contributed by atoms with Crippen molar-refractivity contribution in [1.29, 1.82) is 0 Å². The van der Waals surface area contributed by atoms with Crippen LogP contribution >= 0.6 is 0 Å². The van der Waals surface area contributed by atoms with E-state index in [1.165, 1.54) is 6.08 Å². The molecule has 0 aliphatic heterocycles. The fourth-order valence-corrected chi connectivity index (χ4v) is 7.66. The number of fused-ring (bicyclic) bond motifs is 5. The van der Waals surface area contributed by atoms with E-state index in [2.05, 4.69) is 0 Å². The monoisotopic (exact) mass is 494 g/mol. The molecule has 4 rings (SSSR count). The van der Waals surface area contributed by atoms with Gasteiger partial charge in [-0.05, 0) is 82.4 Å². The van der Waals surface area contributed by atoms with Gasteiger partial charge in [0, 0.05) is 17.3 Å². The zero-order chi connectivity index (χ0) is 26.4. The molecule has 0 aromatic carbocycles. The van der Waals surface area contributed by atoms with Crippen LogP contribution in [0.1, 0.15) is 79.6 Å². The molecule has 2 saturated carbocycles. The summed E-state index contributed by atoms with van der Waals surface area (Å²) >= 11 is 0. The van der Waals surface area contributed by atoms with E-state index in [1.54, 1.807) is 27.7 Å². The summed E-state index contributed by atoms with van der Waals surface area (Å²) in [5.41, 5.74) is -6.99. The number of rotatable bonds is 5. The molecule has 0 aromatic heterocycles. The largest absolute Gasteiger partial charge is 0.390 e. The van der Waals surface area contributed by atoms with Crippen LogP contribution in [0.3, 0.4) is 0 Å². The van der Waals surface area contributed by atoms with Crippen LogP contribution < -0.4 is 0 Å². The van der Waals surface area contributed by atoms with Gasteiger partial charge >= 0.3 is 0 Å². The lowest BCUT2D eigenvalue weighted by molar-refractivity contribution is -0.180. The standard InChI is InChI=1S/C27H42O8/c1-22(2,32)9-8-20(30)25(5,33)19-7-11-26(34)16-12-21(31)27(35)14-18(29)17(28)13-24(27,4)15(16)6-10-23(19,26)3/h6,12,17-20,28-30,32-35H,7-11,13-14H2,1-5H3/t17-,18+,19-,20+,23+,24+,25+,26+,27+/m0/s1. The first-order chi connectivity index (χ1) is 15.8. The predicted molar refractivity (Wildman–Crippen MR) is 128 cm³/mol. The van der Waals surface area contributed by atoms with Crippen molar-refractivity contribution in [2.45, 2.75) is 120 Å². The van der Waals surface area contributed by atoms with Crippen LogP contribution in [0.25, 0.3) is 0 Å². The maximum atomic E-state index is 13.3. The highest BCUT2D eigenvalue weighted by molar-refractivity contribution is 6.02. The Bertz CT molecular complexity index is 963. The Morgan fingerprint density at radius 2 is 1.63 bits per heavy atom. The van der Waals surface area contributed by atoms with Crippen LogP contribution in [0.4, 0.5) is 0 Å². The van der Waals surface area contributed by atoms with Crippen LogP contribution in [-0.4, -0.2) is 82.2 Å². The molecular weight excluding hydrogens is 452 g/mol. The van der Waals surface area contributed by atoms with Crippen molar-refractivity contribution in [2.24, 2.45) is 16.7 Å². The number of hydrogen-bond acceptors (Lipinski definition) is 8. The van der Waals surface area contributed by atoms with Gasteiger partial charge < -0.3 is 35.7 Å². The first-order valence-electron chi connectivity index (χ1n) is 12.7. The van der Waals surface area contributed by atoms with Gasteiger partial charge in [0.15, 0.2) is 5.78 Å². The predicted octanol–water partition coefficient (Wildman–Crippen LogP) is 0.889. The summed E-state index contributed by atoms with van der Waals surface area (Å²) in [6.07, 6.45) is 0.914. The van der Waals surface area contributed by atoms with Gasteiger partial charge in [0.2, 0.25) is 0 Å². The van der Waals surface area contributed by atoms with Gasteiger partial charge in [0.05, 0.1) is 35.1 Å². The van der Waals surface area contributed by atoms with Crippen LogP contribution in [0.5, 0.6) is 0 Å². The van der Waals surface area contributed by atoms with Gasteiger partial charge in [-0.3, -0.25) is 4.79 Å². The second-order valence-electron chi connectivity index (χ2n) is 12.9. The van der Waals surface area contributed by atoms with E-state index in [0.29, 0.717) is 30.4 Å². The highest BCUT2D eigenvalue weighted by Crippen LogP contribution is 2.67. The van der Waals surface area contributed by atoms with Crippen LogP contribution in [-0.2, 0) is 4.79 Å². The van der Waals surface area contributed by atoms with Gasteiger partial charge in [-0.1, -0.05) is 19.9 Å². The Morgan fingerprint density at radius 3 is 2.23 bits per heavy atom. The molecule has 4 aliphatic rings. The number of aliphatic hydroxyl groups excluding tert-OH is 3. The second kappa shape index (κ2) is 7.93. The topological polar surface area (TPSA) is 159 Å². The highest BCUT2D eigenvalue weighted by Gasteiger charge is 2.69. The lowest BCUT2D eigenvalue weighted by Gasteiger charge is -2.59. The summed E-state index contributed by atoms with van der Waals surface area (Å²) in [6.45, 7) is 8.43. The van der Waals surface area contributed by atoms with E-state index in [1.807, 2.05) is 13.0 Å². The smallest absolute Gasteiger partial charge is 0.188 e. The fraction of sp³-hybridized carbons (Fsp3) is 0.815. The second-order valence-corrected chi connectivity index (χ2v) is 12.9. The third kappa shape index (κ3) is 3.63. The minimum Gasteiger partial charge on any atom is -0.390 e. The van der Waals surface area contributed by atoms with Crippen molar-refractivity contribution in [3.63, 3.8) is 0 Å². The molecule has 198 valence electrons. The quantitative estimate of drug-likeness (QED) is 0.297. The molecule has 0 heterocycles. The molecule has 9 atom stereocenters. The number of ketones is 1. The molecule has 0 saturated heterocycles. The van der Waals surface area contributed by atoms with Crippen LogP contribution in [0, 0.1) is 16.7 Å². The highest BCUT2D eigenvalue weighted by atomic mass is 16.3. The van der Waals surface area contributed by atoms with E-state index in [9.17, 15) is 40.5 Å². The van der Waals surface area contributed by atoms with E-state index >= 15 is 0 Å². The van der Waals surface area contributed by atoms with Crippen LogP contribution in [0.15, 0.2) is 23.3 Å². The molecule has 0 aromatic rings. The van der Waals surface area contributed by atoms with E-state index < -0.39 is 63.2 Å². The number of carbonyl (C=O) groups excluding carboxylic acids is 1. The van der Waals surface area contributed by atoms with E-state index in [4.69, 9.17) is 0 Å². The Kier molecular flexibility index (Phi) is 6.10. The Balaban J connectivity index is 1.73. The normalized spacial score (nSPS) is 46.1. The summed E-state index contributed by atoms with van der Waals surface area (Å²) in [5.74, 6) is -1.10. The molecule has 0 bridgehead atoms. The first-order valence-corrected chi connectivity index (χ1v) is 12.7. The molecule has 0 radical (unpaired) electrons. The Labute approximate surface area is 207 Å². The zero-order valence-electron chi connectivity index (χ0n) is 21.5. The van der Waals surface area contributed by atoms with Crippen molar-refractivity contribution in [2.75, 3.05) is 0 Å². The number of aliphatic hydroxyl groups is 7. The fourth-order valence-electron chi connectivity index (χ4n) is 7.66. The lowest BCUT2D eigenvalue weighted by Crippen LogP contribution is -2.66. The average molecular weight is 495 g/mol. The molecule has 2 fully saturated rings. The summed E-state index contributed by atoms with van der Waals surface area (Å²) in [4.78, 5) is 13.3. The summed E-state index contributed by atoms with van der Waals surface area (Å²) in [7, 11) is 0. The molecule has 0 amide bonds. The van der Waals surface area contributed by atoms with Gasteiger partial charge in [-0.15, -0.1) is 0 Å². The number of hydrogen-bond donors (Lipinski definition) is 7.